The molecule has 3 N–H and O–H groups in total. The van der Waals surface area contributed by atoms with Crippen LogP contribution in [0.1, 0.15) is 111 Å². The third-order valence-electron chi connectivity index (χ3n) is 8.60. The van der Waals surface area contributed by atoms with Gasteiger partial charge in [0.2, 0.25) is 23.5 Å². The standard InChI is InChI=1S/C30H50N4O5/c1-6-11-23(34(5)28(38)24(20-14-9-10-15-20)33-29(39)30(2,3)4)26(36)32-22(18-19-12-7-8-13-19)25(35)27(37)31-21-16-17-21/h19-24H,6-18H2,1-5H3,(H,31,37)(H,32,36)(H,33,39)/t22-,23-,24+/m0/s1. The van der Waals surface area contributed by atoms with Crippen molar-refractivity contribution in [2.75, 3.05) is 7.05 Å². The van der Waals surface area contributed by atoms with E-state index in [4.69, 9.17) is 0 Å². The van der Waals surface area contributed by atoms with Crippen molar-refractivity contribution >= 4 is 29.4 Å². The Kier molecular flexibility index (Phi) is 11.0. The van der Waals surface area contributed by atoms with Crippen molar-refractivity contribution in [3.05, 3.63) is 0 Å². The first kappa shape index (κ1) is 31.1. The van der Waals surface area contributed by atoms with Gasteiger partial charge in [-0.15, -0.1) is 0 Å². The van der Waals surface area contributed by atoms with E-state index in [-0.39, 0.29) is 29.7 Å². The number of ketones is 1. The van der Waals surface area contributed by atoms with Gasteiger partial charge in [0.1, 0.15) is 12.1 Å². The largest absolute Gasteiger partial charge is 0.347 e. The first-order chi connectivity index (χ1) is 18.4. The first-order valence-electron chi connectivity index (χ1n) is 15.1. The summed E-state index contributed by atoms with van der Waals surface area (Å²) < 4.78 is 0. The summed E-state index contributed by atoms with van der Waals surface area (Å²) in [5.74, 6) is -1.82. The maximum atomic E-state index is 13.8. The summed E-state index contributed by atoms with van der Waals surface area (Å²) in [6, 6.07) is -2.36. The highest BCUT2D eigenvalue weighted by Gasteiger charge is 2.40. The molecule has 220 valence electrons. The molecule has 0 aromatic carbocycles. The van der Waals surface area contributed by atoms with Gasteiger partial charge < -0.3 is 20.9 Å². The highest BCUT2D eigenvalue weighted by Crippen LogP contribution is 2.31. The Balaban J connectivity index is 1.76. The molecule has 3 saturated carbocycles. The minimum Gasteiger partial charge on any atom is -0.347 e. The van der Waals surface area contributed by atoms with Crippen LogP contribution in [0, 0.1) is 17.3 Å². The number of amides is 4. The Labute approximate surface area is 234 Å². The van der Waals surface area contributed by atoms with Crippen molar-refractivity contribution in [2.45, 2.75) is 135 Å². The molecule has 0 bridgehead atoms. The molecule has 3 atom stereocenters. The van der Waals surface area contributed by atoms with E-state index in [1.807, 2.05) is 27.7 Å². The van der Waals surface area contributed by atoms with E-state index in [1.165, 1.54) is 4.90 Å². The molecule has 3 aliphatic rings. The van der Waals surface area contributed by atoms with Crippen LogP contribution < -0.4 is 16.0 Å². The van der Waals surface area contributed by atoms with Gasteiger partial charge in [-0.3, -0.25) is 24.0 Å². The maximum absolute atomic E-state index is 13.8. The maximum Gasteiger partial charge on any atom is 0.289 e. The Morgan fingerprint density at radius 2 is 1.46 bits per heavy atom. The lowest BCUT2D eigenvalue weighted by molar-refractivity contribution is -0.145. The van der Waals surface area contributed by atoms with E-state index in [2.05, 4.69) is 16.0 Å². The minimum atomic E-state index is -0.909. The summed E-state index contributed by atoms with van der Waals surface area (Å²) in [6.45, 7) is 7.39. The number of hydrogen-bond donors (Lipinski definition) is 3. The molecular weight excluding hydrogens is 496 g/mol. The number of carbonyl (C=O) groups excluding carboxylic acids is 5. The predicted octanol–water partition coefficient (Wildman–Crippen LogP) is 3.25. The fourth-order valence-corrected chi connectivity index (χ4v) is 5.90. The molecule has 9 heteroatoms. The summed E-state index contributed by atoms with van der Waals surface area (Å²) in [6.07, 6.45) is 11.1. The van der Waals surface area contributed by atoms with Gasteiger partial charge >= 0.3 is 0 Å². The minimum absolute atomic E-state index is 0.0272. The summed E-state index contributed by atoms with van der Waals surface area (Å²) >= 11 is 0. The van der Waals surface area contributed by atoms with Crippen LogP contribution in [0.2, 0.25) is 0 Å². The van der Waals surface area contributed by atoms with E-state index < -0.39 is 41.1 Å². The highest BCUT2D eigenvalue weighted by molar-refractivity contribution is 6.38. The Morgan fingerprint density at radius 3 is 2.00 bits per heavy atom. The van der Waals surface area contributed by atoms with Crippen molar-refractivity contribution < 1.29 is 24.0 Å². The first-order valence-corrected chi connectivity index (χ1v) is 15.1. The monoisotopic (exact) mass is 546 g/mol. The second kappa shape index (κ2) is 13.8. The van der Waals surface area contributed by atoms with Crippen molar-refractivity contribution in [1.82, 2.24) is 20.9 Å². The van der Waals surface area contributed by atoms with E-state index in [1.54, 1.807) is 7.05 Å². The molecule has 3 fully saturated rings. The zero-order chi connectivity index (χ0) is 28.7. The van der Waals surface area contributed by atoms with Crippen LogP contribution >= 0.6 is 0 Å². The van der Waals surface area contributed by atoms with Gasteiger partial charge in [-0.25, -0.2) is 0 Å². The molecule has 0 heterocycles. The normalized spacial score (nSPS) is 20.6. The summed E-state index contributed by atoms with van der Waals surface area (Å²) in [4.78, 5) is 67.6. The summed E-state index contributed by atoms with van der Waals surface area (Å²) in [5.41, 5.74) is -0.648. The molecular formula is C30H50N4O5. The lowest BCUT2D eigenvalue weighted by Gasteiger charge is -2.35. The van der Waals surface area contributed by atoms with Gasteiger partial charge in [0.05, 0.1) is 6.04 Å². The van der Waals surface area contributed by atoms with Gasteiger partial charge in [0.15, 0.2) is 0 Å². The van der Waals surface area contributed by atoms with Crippen molar-refractivity contribution in [3.63, 3.8) is 0 Å². The number of nitrogens with one attached hydrogen (secondary N) is 3. The molecule has 0 radical (unpaired) electrons. The molecule has 0 spiro atoms. The topological polar surface area (TPSA) is 125 Å². The van der Waals surface area contributed by atoms with Crippen LogP contribution in [0.15, 0.2) is 0 Å². The van der Waals surface area contributed by atoms with E-state index >= 15 is 0 Å². The SMILES string of the molecule is CCC[C@@H](C(=O)N[C@@H](CC1CCCC1)C(=O)C(=O)NC1CC1)N(C)C(=O)[C@H](NC(=O)C(C)(C)C)C1CCCC1. The van der Waals surface area contributed by atoms with Gasteiger partial charge in [-0.1, -0.05) is 72.6 Å². The number of rotatable bonds is 13. The Bertz CT molecular complexity index is 898. The fraction of sp³-hybridized carbons (Fsp3) is 0.833. The zero-order valence-corrected chi connectivity index (χ0v) is 24.6. The van der Waals surface area contributed by atoms with Crippen LogP contribution in [0.4, 0.5) is 0 Å². The zero-order valence-electron chi connectivity index (χ0n) is 24.6. The smallest absolute Gasteiger partial charge is 0.289 e. The van der Waals surface area contributed by atoms with E-state index in [0.717, 1.165) is 64.2 Å². The molecule has 0 saturated heterocycles. The number of likely N-dealkylation sites (N-methyl/N-ethyl adjacent to an activating group) is 1. The van der Waals surface area contributed by atoms with Crippen LogP contribution in [-0.4, -0.2) is 65.5 Å². The fourth-order valence-electron chi connectivity index (χ4n) is 5.90. The van der Waals surface area contributed by atoms with Crippen LogP contribution in [0.25, 0.3) is 0 Å². The summed E-state index contributed by atoms with van der Waals surface area (Å²) in [5, 5.41) is 8.63. The molecule has 3 rings (SSSR count). The number of Topliss-reactive ketones (excluding diaryl/α,β-unsaturated/α-hetero) is 1. The van der Waals surface area contributed by atoms with E-state index in [0.29, 0.717) is 19.3 Å². The van der Waals surface area contributed by atoms with Gasteiger partial charge in [0.25, 0.3) is 5.91 Å². The third kappa shape index (κ3) is 8.77. The van der Waals surface area contributed by atoms with Gasteiger partial charge in [-0.2, -0.15) is 0 Å². The summed E-state index contributed by atoms with van der Waals surface area (Å²) in [7, 11) is 1.61. The average Bonchev–Trinajstić information content (AvgIpc) is 3.31. The molecule has 0 aromatic rings. The van der Waals surface area contributed by atoms with Gasteiger partial charge in [0, 0.05) is 18.5 Å². The second-order valence-electron chi connectivity index (χ2n) is 13.1. The molecule has 39 heavy (non-hydrogen) atoms. The van der Waals surface area contributed by atoms with Crippen LogP contribution in [0.5, 0.6) is 0 Å². The molecule has 4 amide bonds. The highest BCUT2D eigenvalue weighted by atomic mass is 16.2. The molecule has 0 aliphatic heterocycles. The molecule has 9 nitrogen and oxygen atoms in total. The van der Waals surface area contributed by atoms with Crippen LogP contribution in [0.3, 0.4) is 0 Å². The van der Waals surface area contributed by atoms with Crippen molar-refractivity contribution in [1.29, 1.82) is 0 Å². The molecule has 0 unspecified atom stereocenters. The van der Waals surface area contributed by atoms with E-state index in [9.17, 15) is 24.0 Å². The second-order valence-corrected chi connectivity index (χ2v) is 13.1. The lowest BCUT2D eigenvalue weighted by Crippen LogP contribution is -2.59. The number of carbonyl (C=O) groups is 5. The van der Waals surface area contributed by atoms with Crippen molar-refractivity contribution in [3.8, 4) is 0 Å². The van der Waals surface area contributed by atoms with Crippen LogP contribution in [-0.2, 0) is 24.0 Å². The lowest BCUT2D eigenvalue weighted by atomic mass is 9.91. The number of nitrogens with zero attached hydrogens (tertiary/aromatic N) is 1. The third-order valence-corrected chi connectivity index (χ3v) is 8.60. The Morgan fingerprint density at radius 1 is 0.872 bits per heavy atom. The van der Waals surface area contributed by atoms with Gasteiger partial charge in [-0.05, 0) is 50.4 Å². The number of hydrogen-bond acceptors (Lipinski definition) is 5. The average molecular weight is 547 g/mol. The molecule has 0 aromatic heterocycles. The molecule has 3 aliphatic carbocycles. The Hall–Kier alpha value is -2.45. The predicted molar refractivity (Wildman–Crippen MR) is 149 cm³/mol. The quantitative estimate of drug-likeness (QED) is 0.306. The van der Waals surface area contributed by atoms with Crippen molar-refractivity contribution in [2.24, 2.45) is 17.3 Å².